The third kappa shape index (κ3) is 4.64. The molecule has 2 aromatic carbocycles. The van der Waals surface area contributed by atoms with Gasteiger partial charge in [0.2, 0.25) is 0 Å². The van der Waals surface area contributed by atoms with Gasteiger partial charge in [-0.3, -0.25) is 4.79 Å². The maximum Gasteiger partial charge on any atom is 0.313 e. The van der Waals surface area contributed by atoms with Gasteiger partial charge in [0.05, 0.1) is 31.8 Å². The number of rotatable bonds is 6. The summed E-state index contributed by atoms with van der Waals surface area (Å²) >= 11 is 0. The van der Waals surface area contributed by atoms with E-state index >= 15 is 0 Å². The first kappa shape index (κ1) is 19.1. The molecule has 0 aromatic heterocycles. The lowest BCUT2D eigenvalue weighted by molar-refractivity contribution is -0.137. The monoisotopic (exact) mass is 351 g/mol. The van der Waals surface area contributed by atoms with Gasteiger partial charge in [-0.1, -0.05) is 26.0 Å². The van der Waals surface area contributed by atoms with Crippen LogP contribution in [0.15, 0.2) is 42.5 Å². The molecule has 0 saturated heterocycles. The molecule has 0 bridgehead atoms. The number of carbonyl (C=O) groups is 1. The van der Waals surface area contributed by atoms with Gasteiger partial charge in [0.25, 0.3) is 0 Å². The van der Waals surface area contributed by atoms with Crippen LogP contribution in [0.3, 0.4) is 0 Å². The number of benzene rings is 2. The number of nitrogens with zero attached hydrogens (tertiary/aromatic N) is 1. The molecule has 5 nitrogen and oxygen atoms in total. The van der Waals surface area contributed by atoms with E-state index in [1.807, 2.05) is 6.07 Å². The second kappa shape index (κ2) is 8.72. The van der Waals surface area contributed by atoms with Gasteiger partial charge >= 0.3 is 5.97 Å². The number of nitriles is 1. The fraction of sp³-hybridized carbons (Fsp3) is 0.238. The van der Waals surface area contributed by atoms with E-state index in [2.05, 4.69) is 6.07 Å². The predicted molar refractivity (Wildman–Crippen MR) is 99.9 cm³/mol. The zero-order valence-corrected chi connectivity index (χ0v) is 15.3. The fourth-order valence-electron chi connectivity index (χ4n) is 2.25. The lowest BCUT2D eigenvalue weighted by Crippen LogP contribution is -2.14. The van der Waals surface area contributed by atoms with Gasteiger partial charge in [-0.25, -0.2) is 0 Å². The number of carbonyl (C=O) groups excluding carboxylic acids is 1. The van der Waals surface area contributed by atoms with E-state index in [9.17, 15) is 10.1 Å². The highest BCUT2D eigenvalue weighted by molar-refractivity contribution is 5.90. The summed E-state index contributed by atoms with van der Waals surface area (Å²) in [6.07, 6.45) is 1.73. The minimum absolute atomic E-state index is 0.212. The normalized spacial score (nSPS) is 11.0. The van der Waals surface area contributed by atoms with Crippen LogP contribution in [0, 0.1) is 17.2 Å². The van der Waals surface area contributed by atoms with E-state index < -0.39 is 0 Å². The average molecular weight is 351 g/mol. The van der Waals surface area contributed by atoms with E-state index in [0.717, 1.165) is 5.56 Å². The average Bonchev–Trinajstić information content (AvgIpc) is 2.65. The molecular formula is C21H21NO4. The molecule has 0 atom stereocenters. The molecule has 0 amide bonds. The van der Waals surface area contributed by atoms with Gasteiger partial charge in [-0.15, -0.1) is 0 Å². The van der Waals surface area contributed by atoms with Crippen LogP contribution in [0.4, 0.5) is 0 Å². The second-order valence-electron chi connectivity index (χ2n) is 5.89. The molecule has 0 fully saturated rings. The van der Waals surface area contributed by atoms with Gasteiger partial charge in [-0.2, -0.15) is 5.26 Å². The lowest BCUT2D eigenvalue weighted by atomic mass is 10.0. The Bertz CT molecular complexity index is 863. The van der Waals surface area contributed by atoms with Crippen molar-refractivity contribution in [3.05, 3.63) is 53.6 Å². The second-order valence-corrected chi connectivity index (χ2v) is 5.89. The van der Waals surface area contributed by atoms with Crippen molar-refractivity contribution >= 4 is 17.6 Å². The molecule has 0 aliphatic heterocycles. The summed E-state index contributed by atoms with van der Waals surface area (Å²) < 4.78 is 15.8. The van der Waals surface area contributed by atoms with Crippen LogP contribution < -0.4 is 14.2 Å². The van der Waals surface area contributed by atoms with Crippen molar-refractivity contribution in [3.8, 4) is 23.3 Å². The number of hydrogen-bond donors (Lipinski definition) is 0. The standard InChI is InChI=1S/C21H21NO4/c1-14(2)21(23)26-18-7-5-6-15(11-18)10-17(13-22)16-8-9-19(24-3)20(12-16)25-4/h5-12,14H,1-4H3/b17-10-. The Labute approximate surface area is 153 Å². The van der Waals surface area contributed by atoms with E-state index in [-0.39, 0.29) is 11.9 Å². The molecule has 134 valence electrons. The van der Waals surface area contributed by atoms with E-state index in [0.29, 0.717) is 28.4 Å². The first-order chi connectivity index (χ1) is 12.5. The van der Waals surface area contributed by atoms with Crippen molar-refractivity contribution in [2.24, 2.45) is 5.92 Å². The molecule has 2 rings (SSSR count). The van der Waals surface area contributed by atoms with Crippen LogP contribution in [0.25, 0.3) is 11.6 Å². The zero-order chi connectivity index (χ0) is 19.1. The molecule has 26 heavy (non-hydrogen) atoms. The van der Waals surface area contributed by atoms with E-state index in [1.54, 1.807) is 70.5 Å². The SMILES string of the molecule is COc1ccc(/C(C#N)=C\c2cccc(OC(=O)C(C)C)c2)cc1OC. The Morgan fingerprint density at radius 1 is 1.08 bits per heavy atom. The van der Waals surface area contributed by atoms with Crippen molar-refractivity contribution in [1.82, 2.24) is 0 Å². The summed E-state index contributed by atoms with van der Waals surface area (Å²) in [5, 5.41) is 9.54. The summed E-state index contributed by atoms with van der Waals surface area (Å²) in [5.74, 6) is 1.08. The predicted octanol–water partition coefficient (Wildman–Crippen LogP) is 4.33. The third-order valence-electron chi connectivity index (χ3n) is 3.67. The van der Waals surface area contributed by atoms with E-state index in [4.69, 9.17) is 14.2 Å². The van der Waals surface area contributed by atoms with Crippen LogP contribution in [0.2, 0.25) is 0 Å². The highest BCUT2D eigenvalue weighted by Gasteiger charge is 2.11. The summed E-state index contributed by atoms with van der Waals surface area (Å²) in [5.41, 5.74) is 1.92. The molecule has 0 heterocycles. The highest BCUT2D eigenvalue weighted by atomic mass is 16.5. The number of esters is 1. The molecule has 0 spiro atoms. The van der Waals surface area contributed by atoms with Gasteiger partial charge in [-0.05, 0) is 47.5 Å². The van der Waals surface area contributed by atoms with Crippen LogP contribution in [0.5, 0.6) is 17.2 Å². The molecule has 0 N–H and O–H groups in total. The number of allylic oxidation sites excluding steroid dienone is 1. The Morgan fingerprint density at radius 2 is 1.81 bits per heavy atom. The summed E-state index contributed by atoms with van der Waals surface area (Å²) in [6, 6.07) is 14.5. The summed E-state index contributed by atoms with van der Waals surface area (Å²) in [4.78, 5) is 11.7. The van der Waals surface area contributed by atoms with Crippen LogP contribution >= 0.6 is 0 Å². The quantitative estimate of drug-likeness (QED) is 0.335. The maximum atomic E-state index is 11.7. The number of hydrogen-bond acceptors (Lipinski definition) is 5. The highest BCUT2D eigenvalue weighted by Crippen LogP contribution is 2.31. The maximum absolute atomic E-state index is 11.7. The minimum atomic E-state index is -0.300. The van der Waals surface area contributed by atoms with Crippen molar-refractivity contribution in [2.45, 2.75) is 13.8 Å². The molecule has 2 aromatic rings. The molecule has 0 aliphatic carbocycles. The van der Waals surface area contributed by atoms with Crippen LogP contribution in [-0.2, 0) is 4.79 Å². The summed E-state index contributed by atoms with van der Waals surface area (Å²) in [6.45, 7) is 3.55. The van der Waals surface area contributed by atoms with Crippen molar-refractivity contribution in [1.29, 1.82) is 5.26 Å². The largest absolute Gasteiger partial charge is 0.493 e. The van der Waals surface area contributed by atoms with Crippen molar-refractivity contribution in [2.75, 3.05) is 14.2 Å². The first-order valence-corrected chi connectivity index (χ1v) is 8.14. The Kier molecular flexibility index (Phi) is 6.40. The van der Waals surface area contributed by atoms with Gasteiger partial charge < -0.3 is 14.2 Å². The smallest absolute Gasteiger partial charge is 0.313 e. The van der Waals surface area contributed by atoms with Crippen LogP contribution in [-0.4, -0.2) is 20.2 Å². The topological polar surface area (TPSA) is 68.5 Å². The summed E-state index contributed by atoms with van der Waals surface area (Å²) in [7, 11) is 3.10. The zero-order valence-electron chi connectivity index (χ0n) is 15.3. The van der Waals surface area contributed by atoms with Crippen molar-refractivity contribution in [3.63, 3.8) is 0 Å². The van der Waals surface area contributed by atoms with Gasteiger partial charge in [0.15, 0.2) is 11.5 Å². The number of ether oxygens (including phenoxy) is 3. The first-order valence-electron chi connectivity index (χ1n) is 8.14. The third-order valence-corrected chi connectivity index (χ3v) is 3.67. The molecule has 0 saturated carbocycles. The van der Waals surface area contributed by atoms with Gasteiger partial charge in [0.1, 0.15) is 5.75 Å². The molecule has 5 heteroatoms. The molecular weight excluding hydrogens is 330 g/mol. The Morgan fingerprint density at radius 3 is 2.42 bits per heavy atom. The van der Waals surface area contributed by atoms with Crippen LogP contribution in [0.1, 0.15) is 25.0 Å². The molecule has 0 aliphatic rings. The van der Waals surface area contributed by atoms with E-state index in [1.165, 1.54) is 0 Å². The minimum Gasteiger partial charge on any atom is -0.493 e. The Balaban J connectivity index is 2.35. The van der Waals surface area contributed by atoms with Gasteiger partial charge in [0, 0.05) is 0 Å². The molecule has 0 unspecified atom stereocenters. The molecule has 0 radical (unpaired) electrons. The number of methoxy groups -OCH3 is 2. The lowest BCUT2D eigenvalue weighted by Gasteiger charge is -2.09. The van der Waals surface area contributed by atoms with Crippen molar-refractivity contribution < 1.29 is 19.0 Å². The Hall–Kier alpha value is -3.26. The fourth-order valence-corrected chi connectivity index (χ4v) is 2.25.